The Balaban J connectivity index is 2.26. The quantitative estimate of drug-likeness (QED) is 0.729. The molecule has 116 valence electrons. The maximum Gasteiger partial charge on any atom is 0.244 e. The van der Waals surface area contributed by atoms with Crippen molar-refractivity contribution in [1.29, 1.82) is 0 Å². The second-order valence-electron chi connectivity index (χ2n) is 4.55. The Morgan fingerprint density at radius 3 is 2.57 bits per heavy atom. The van der Waals surface area contributed by atoms with E-state index in [0.29, 0.717) is 17.4 Å². The Kier molecular flexibility index (Phi) is 5.38. The first-order valence-corrected chi connectivity index (χ1v) is 9.51. The Hall–Kier alpha value is -0.530. The minimum atomic E-state index is -3.53. The normalized spacial score (nSPS) is 12.2. The molecule has 0 aliphatic rings. The summed E-state index contributed by atoms with van der Waals surface area (Å²) in [5.41, 5.74) is 0.797. The molecule has 0 amide bonds. The van der Waals surface area contributed by atoms with E-state index in [2.05, 4.69) is 0 Å². The van der Waals surface area contributed by atoms with Crippen molar-refractivity contribution in [2.75, 3.05) is 7.05 Å². The third-order valence-electron chi connectivity index (χ3n) is 3.15. The third kappa shape index (κ3) is 3.63. The maximum atomic E-state index is 12.6. The predicted octanol–water partition coefficient (Wildman–Crippen LogP) is 3.78. The van der Waals surface area contributed by atoms with Crippen molar-refractivity contribution >= 4 is 44.6 Å². The second kappa shape index (κ2) is 6.71. The number of alkyl halides is 1. The molecule has 0 bridgehead atoms. The van der Waals surface area contributed by atoms with Gasteiger partial charge in [0.1, 0.15) is 4.90 Å². The molecule has 2 heterocycles. The van der Waals surface area contributed by atoms with Crippen LogP contribution in [0.15, 0.2) is 29.3 Å². The molecule has 0 spiro atoms. The maximum absolute atomic E-state index is 12.6. The van der Waals surface area contributed by atoms with Gasteiger partial charge in [-0.25, -0.2) is 8.42 Å². The molecule has 4 nitrogen and oxygen atoms in total. The molecule has 0 N–H and O–H groups in total. The fourth-order valence-electron chi connectivity index (χ4n) is 1.99. The topological polar surface area (TPSA) is 42.3 Å². The van der Waals surface area contributed by atoms with Crippen molar-refractivity contribution in [1.82, 2.24) is 8.87 Å². The van der Waals surface area contributed by atoms with Gasteiger partial charge in [0.25, 0.3) is 0 Å². The van der Waals surface area contributed by atoms with Crippen LogP contribution in [0.1, 0.15) is 17.5 Å². The van der Waals surface area contributed by atoms with E-state index in [1.165, 1.54) is 15.6 Å². The summed E-state index contributed by atoms with van der Waals surface area (Å²) in [5.74, 6) is 0.285. The molecule has 0 aromatic carbocycles. The van der Waals surface area contributed by atoms with Crippen molar-refractivity contribution in [2.45, 2.75) is 30.8 Å². The second-order valence-corrected chi connectivity index (χ2v) is 8.67. The Morgan fingerprint density at radius 1 is 1.38 bits per heavy atom. The lowest BCUT2D eigenvalue weighted by molar-refractivity contribution is 0.469. The highest BCUT2D eigenvalue weighted by molar-refractivity contribution is 7.89. The minimum absolute atomic E-state index is 0.269. The van der Waals surface area contributed by atoms with Crippen LogP contribution in [0.5, 0.6) is 0 Å². The average molecular weight is 367 g/mol. The largest absolute Gasteiger partial charge is 0.349 e. The highest BCUT2D eigenvalue weighted by Crippen LogP contribution is 2.25. The molecule has 2 aromatic rings. The number of hydrogen-bond donors (Lipinski definition) is 0. The van der Waals surface area contributed by atoms with E-state index >= 15 is 0 Å². The lowest BCUT2D eigenvalue weighted by atomic mass is 10.5. The van der Waals surface area contributed by atoms with Gasteiger partial charge in [-0.3, -0.25) is 0 Å². The highest BCUT2D eigenvalue weighted by Gasteiger charge is 2.23. The summed E-state index contributed by atoms with van der Waals surface area (Å²) < 4.78 is 29.0. The molecule has 0 saturated heterocycles. The fourth-order valence-corrected chi connectivity index (χ4v) is 4.66. The number of thiophene rings is 1. The summed E-state index contributed by atoms with van der Waals surface area (Å²) in [6, 6.07) is 5.23. The molecule has 0 aliphatic carbocycles. The van der Waals surface area contributed by atoms with Gasteiger partial charge in [-0.2, -0.15) is 4.31 Å². The smallest absolute Gasteiger partial charge is 0.244 e. The zero-order chi connectivity index (χ0) is 15.6. The SMILES string of the molecule is CCn1cc(S(=O)(=O)N(C)Cc2ccc(Cl)s2)cc1CCl. The van der Waals surface area contributed by atoms with Crippen molar-refractivity contribution in [2.24, 2.45) is 0 Å². The van der Waals surface area contributed by atoms with Crippen molar-refractivity contribution in [3.05, 3.63) is 39.3 Å². The van der Waals surface area contributed by atoms with Crippen LogP contribution < -0.4 is 0 Å². The lowest BCUT2D eigenvalue weighted by Gasteiger charge is -2.15. The van der Waals surface area contributed by atoms with E-state index in [-0.39, 0.29) is 10.8 Å². The van der Waals surface area contributed by atoms with Crippen molar-refractivity contribution in [3.8, 4) is 0 Å². The van der Waals surface area contributed by atoms with E-state index < -0.39 is 10.0 Å². The lowest BCUT2D eigenvalue weighted by Crippen LogP contribution is -2.25. The number of nitrogens with zero attached hydrogens (tertiary/aromatic N) is 2. The van der Waals surface area contributed by atoms with Gasteiger partial charge in [-0.05, 0) is 25.1 Å². The van der Waals surface area contributed by atoms with E-state index in [1.807, 2.05) is 17.6 Å². The molecular formula is C13H16Cl2N2O2S2. The number of aromatic nitrogens is 1. The first-order chi connectivity index (χ1) is 9.88. The molecular weight excluding hydrogens is 351 g/mol. The molecule has 0 aliphatic heterocycles. The first kappa shape index (κ1) is 16.8. The van der Waals surface area contributed by atoms with Crippen LogP contribution in [0.3, 0.4) is 0 Å². The highest BCUT2D eigenvalue weighted by atomic mass is 35.5. The van der Waals surface area contributed by atoms with E-state index in [9.17, 15) is 8.42 Å². The predicted molar refractivity (Wildman–Crippen MR) is 87.6 cm³/mol. The minimum Gasteiger partial charge on any atom is -0.349 e. The summed E-state index contributed by atoms with van der Waals surface area (Å²) in [7, 11) is -1.97. The standard InChI is InChI=1S/C13H16Cl2N2O2S2/c1-3-17-9-12(6-10(17)7-14)21(18,19)16(2)8-11-4-5-13(15)20-11/h4-6,9H,3,7-8H2,1-2H3. The van der Waals surface area contributed by atoms with E-state index in [0.717, 1.165) is 10.6 Å². The number of sulfonamides is 1. The summed E-state index contributed by atoms with van der Waals surface area (Å²) in [6.07, 6.45) is 1.63. The summed E-state index contributed by atoms with van der Waals surface area (Å²) in [6.45, 7) is 2.93. The van der Waals surface area contributed by atoms with Crippen molar-refractivity contribution in [3.63, 3.8) is 0 Å². The van der Waals surface area contributed by atoms with Crippen LogP contribution in [0.25, 0.3) is 0 Å². The molecule has 0 fully saturated rings. The molecule has 0 radical (unpaired) electrons. The van der Waals surface area contributed by atoms with Crippen LogP contribution in [-0.4, -0.2) is 24.3 Å². The monoisotopic (exact) mass is 366 g/mol. The number of aryl methyl sites for hydroxylation is 1. The van der Waals surface area contributed by atoms with Gasteiger partial charge >= 0.3 is 0 Å². The fraction of sp³-hybridized carbons (Fsp3) is 0.385. The Bertz CT molecular complexity index is 701. The van der Waals surface area contributed by atoms with Gasteiger partial charge in [0.05, 0.1) is 10.2 Å². The van der Waals surface area contributed by atoms with E-state index in [1.54, 1.807) is 25.4 Å². The zero-order valence-corrected chi connectivity index (χ0v) is 14.9. The van der Waals surface area contributed by atoms with Crippen LogP contribution in [0.4, 0.5) is 0 Å². The number of halogens is 2. The third-order valence-corrected chi connectivity index (χ3v) is 6.41. The van der Waals surface area contributed by atoms with Crippen LogP contribution in [0, 0.1) is 0 Å². The van der Waals surface area contributed by atoms with Gasteiger partial charge in [0.15, 0.2) is 0 Å². The molecule has 8 heteroatoms. The van der Waals surface area contributed by atoms with Crippen LogP contribution >= 0.6 is 34.5 Å². The van der Waals surface area contributed by atoms with E-state index in [4.69, 9.17) is 23.2 Å². The average Bonchev–Trinajstić information content (AvgIpc) is 3.04. The van der Waals surface area contributed by atoms with Gasteiger partial charge < -0.3 is 4.57 Å². The summed E-state index contributed by atoms with van der Waals surface area (Å²) >= 11 is 13.1. The molecule has 0 atom stereocenters. The molecule has 0 saturated carbocycles. The van der Waals surface area contributed by atoms with Crippen LogP contribution in [0.2, 0.25) is 4.34 Å². The van der Waals surface area contributed by atoms with Gasteiger partial charge in [-0.1, -0.05) is 11.6 Å². The molecule has 21 heavy (non-hydrogen) atoms. The van der Waals surface area contributed by atoms with Gasteiger partial charge in [0.2, 0.25) is 10.0 Å². The number of hydrogen-bond acceptors (Lipinski definition) is 3. The summed E-state index contributed by atoms with van der Waals surface area (Å²) in [4.78, 5) is 1.17. The van der Waals surface area contributed by atoms with Gasteiger partial charge in [0, 0.05) is 36.9 Å². The molecule has 2 aromatic heterocycles. The van der Waals surface area contributed by atoms with Gasteiger partial charge in [-0.15, -0.1) is 22.9 Å². The first-order valence-electron chi connectivity index (χ1n) is 6.34. The molecule has 2 rings (SSSR count). The number of rotatable bonds is 6. The zero-order valence-electron chi connectivity index (χ0n) is 11.7. The Morgan fingerprint density at radius 2 is 2.10 bits per heavy atom. The van der Waals surface area contributed by atoms with Crippen molar-refractivity contribution < 1.29 is 8.42 Å². The molecule has 0 unspecified atom stereocenters. The Labute approximate surface area is 138 Å². The van der Waals surface area contributed by atoms with Crippen LogP contribution in [-0.2, 0) is 29.0 Å². The summed E-state index contributed by atoms with van der Waals surface area (Å²) in [5, 5.41) is 0.